The zero-order chi connectivity index (χ0) is 45.1. The smallest absolute Gasteiger partial charge is 0.472 e. The summed E-state index contributed by atoms with van der Waals surface area (Å²) in [5, 5.41) is 19.2. The predicted molar refractivity (Wildman–Crippen MR) is 246 cm³/mol. The van der Waals surface area contributed by atoms with E-state index < -0.39 is 63.8 Å². The van der Waals surface area contributed by atoms with E-state index in [1.165, 1.54) is 38.5 Å². The molecule has 0 aromatic carbocycles. The minimum absolute atomic E-state index is 0.0762. The molecule has 346 valence electrons. The number of nitrogens with two attached hydrogens (primary N) is 1. The van der Waals surface area contributed by atoms with Crippen molar-refractivity contribution in [3.63, 3.8) is 0 Å². The molecule has 0 rings (SSSR count). The van der Waals surface area contributed by atoms with Crippen LogP contribution in [0, 0.1) is 0 Å². The lowest BCUT2D eigenvalue weighted by Crippen LogP contribution is -2.34. The maximum Gasteiger partial charge on any atom is 0.472 e. The molecule has 0 amide bonds. The zero-order valence-corrected chi connectivity index (χ0v) is 38.0. The van der Waals surface area contributed by atoms with Gasteiger partial charge in [0.1, 0.15) is 12.6 Å². The second-order valence-corrected chi connectivity index (χ2v) is 16.1. The standard InChI is InChI=1S/C48H78NO11P/c1-3-5-7-9-11-13-15-17-18-19-20-21-22-24-26-28-30-32-34-38-46(51)57-40-44(41-58-61(55,56)59-42-45(49)48(53)54)60-47(52)39-35-37-43(50)36-33-31-29-27-25-23-16-14-12-10-8-6-4-2/h5,7,11,13,17-18,20-21,23-26,29,31,33,36,43-45,50H,3-4,6,8-10,12,14-16,19,22,27-28,30,32,34-35,37-42,49H2,1-2H3,(H,53,54)(H,55,56)/b7-5-,13-11-,18-17-,21-20-,25-23+,26-24-,31-29+,36-33+/t43?,44-,45+/m1/s1. The van der Waals surface area contributed by atoms with E-state index in [4.69, 9.17) is 24.8 Å². The summed E-state index contributed by atoms with van der Waals surface area (Å²) in [5.74, 6) is -2.66. The number of hydrogen-bond donors (Lipinski definition) is 4. The number of carboxylic acids is 1. The van der Waals surface area contributed by atoms with Crippen molar-refractivity contribution < 1.29 is 52.6 Å². The first kappa shape index (κ1) is 57.4. The highest BCUT2D eigenvalue weighted by atomic mass is 31.2. The van der Waals surface area contributed by atoms with E-state index in [0.717, 1.165) is 64.2 Å². The summed E-state index contributed by atoms with van der Waals surface area (Å²) in [4.78, 5) is 46.0. The predicted octanol–water partition coefficient (Wildman–Crippen LogP) is 11.0. The van der Waals surface area contributed by atoms with Crippen LogP contribution in [0.25, 0.3) is 0 Å². The second kappa shape index (κ2) is 41.7. The number of aliphatic hydroxyl groups excluding tert-OH is 1. The lowest BCUT2D eigenvalue weighted by molar-refractivity contribution is -0.161. The Morgan fingerprint density at radius 3 is 1.70 bits per heavy atom. The van der Waals surface area contributed by atoms with Gasteiger partial charge in [0.05, 0.1) is 19.3 Å². The average molecular weight is 876 g/mol. The van der Waals surface area contributed by atoms with E-state index >= 15 is 0 Å². The van der Waals surface area contributed by atoms with Crippen molar-refractivity contribution in [3.8, 4) is 0 Å². The summed E-state index contributed by atoms with van der Waals surface area (Å²) >= 11 is 0. The number of hydrogen-bond acceptors (Lipinski definition) is 10. The highest BCUT2D eigenvalue weighted by Gasteiger charge is 2.28. The van der Waals surface area contributed by atoms with Crippen LogP contribution in [0.5, 0.6) is 0 Å². The molecule has 0 aliphatic carbocycles. The third kappa shape index (κ3) is 41.5. The third-order valence-corrected chi connectivity index (χ3v) is 9.87. The van der Waals surface area contributed by atoms with Gasteiger partial charge in [-0.25, -0.2) is 4.57 Å². The van der Waals surface area contributed by atoms with Gasteiger partial charge < -0.3 is 30.3 Å². The summed E-state index contributed by atoms with van der Waals surface area (Å²) in [6, 6.07) is -1.56. The number of rotatable bonds is 40. The zero-order valence-electron chi connectivity index (χ0n) is 37.1. The van der Waals surface area contributed by atoms with Crippen LogP contribution in [0.4, 0.5) is 0 Å². The average Bonchev–Trinajstić information content (AvgIpc) is 3.23. The molecule has 61 heavy (non-hydrogen) atoms. The lowest BCUT2D eigenvalue weighted by atomic mass is 10.1. The Bertz CT molecular complexity index is 1420. The van der Waals surface area contributed by atoms with Crippen LogP contribution in [0.1, 0.15) is 149 Å². The summed E-state index contributed by atoms with van der Waals surface area (Å²) < 4.78 is 32.5. The number of carbonyl (C=O) groups excluding carboxylic acids is 2. The summed E-state index contributed by atoms with van der Waals surface area (Å²) in [6.45, 7) is 2.44. The van der Waals surface area contributed by atoms with Gasteiger partial charge in [0.2, 0.25) is 0 Å². The van der Waals surface area contributed by atoms with Crippen LogP contribution in [-0.2, 0) is 37.5 Å². The van der Waals surface area contributed by atoms with Crippen LogP contribution in [0.2, 0.25) is 0 Å². The first-order valence-electron chi connectivity index (χ1n) is 22.4. The first-order chi connectivity index (χ1) is 29.5. The van der Waals surface area contributed by atoms with E-state index in [1.54, 1.807) is 12.2 Å². The van der Waals surface area contributed by atoms with Crippen molar-refractivity contribution in [2.45, 2.75) is 167 Å². The third-order valence-electron chi connectivity index (χ3n) is 8.92. The maximum absolute atomic E-state index is 12.6. The van der Waals surface area contributed by atoms with Crippen LogP contribution in [-0.4, -0.2) is 71.1 Å². The fourth-order valence-electron chi connectivity index (χ4n) is 5.39. The van der Waals surface area contributed by atoms with E-state index in [2.05, 4.69) is 91.3 Å². The Morgan fingerprint density at radius 1 is 0.607 bits per heavy atom. The number of aliphatic hydroxyl groups is 1. The number of esters is 2. The van der Waals surface area contributed by atoms with E-state index in [1.807, 2.05) is 12.2 Å². The number of unbranched alkanes of at least 4 members (excludes halogenated alkanes) is 9. The number of carboxylic acid groups (broad SMARTS) is 1. The molecule has 0 radical (unpaired) electrons. The lowest BCUT2D eigenvalue weighted by Gasteiger charge is -2.20. The number of phosphoric ester groups is 1. The fraction of sp³-hybridized carbons (Fsp3) is 0.604. The minimum Gasteiger partial charge on any atom is -0.480 e. The monoisotopic (exact) mass is 876 g/mol. The fourth-order valence-corrected chi connectivity index (χ4v) is 6.17. The van der Waals surface area contributed by atoms with Crippen molar-refractivity contribution in [3.05, 3.63) is 97.2 Å². The van der Waals surface area contributed by atoms with Crippen LogP contribution < -0.4 is 5.73 Å². The maximum atomic E-state index is 12.6. The van der Waals surface area contributed by atoms with E-state index in [0.29, 0.717) is 12.8 Å². The van der Waals surface area contributed by atoms with Gasteiger partial charge >= 0.3 is 25.7 Å². The van der Waals surface area contributed by atoms with Crippen LogP contribution in [0.15, 0.2) is 97.2 Å². The molecule has 2 unspecified atom stereocenters. The topological polar surface area (TPSA) is 192 Å². The SMILES string of the molecule is CC/C=C\C/C=C\C/C=C\C/C=C\C/C=C\CCCCCC(=O)OC[C@H](COP(=O)(O)OC[C@H](N)C(=O)O)OC(=O)CCCC(O)/C=C/C=C/C/C=C/CCCCCCCC. The molecular weight excluding hydrogens is 797 g/mol. The van der Waals surface area contributed by atoms with Crippen LogP contribution in [0.3, 0.4) is 0 Å². The Balaban J connectivity index is 4.61. The van der Waals surface area contributed by atoms with Gasteiger partial charge in [0.25, 0.3) is 0 Å². The van der Waals surface area contributed by atoms with Gasteiger partial charge in [-0.15, -0.1) is 0 Å². The van der Waals surface area contributed by atoms with E-state index in [-0.39, 0.29) is 19.3 Å². The molecule has 0 bridgehead atoms. The molecule has 0 heterocycles. The molecule has 0 saturated heterocycles. The van der Waals surface area contributed by atoms with Crippen molar-refractivity contribution in [1.29, 1.82) is 0 Å². The number of carbonyl (C=O) groups is 3. The summed E-state index contributed by atoms with van der Waals surface area (Å²) in [5.41, 5.74) is 5.32. The molecule has 0 aromatic heterocycles. The molecule has 0 fully saturated rings. The highest BCUT2D eigenvalue weighted by molar-refractivity contribution is 7.47. The van der Waals surface area contributed by atoms with Gasteiger partial charge in [0, 0.05) is 12.8 Å². The quantitative estimate of drug-likeness (QED) is 0.0150. The minimum atomic E-state index is -4.79. The largest absolute Gasteiger partial charge is 0.480 e. The number of phosphoric acid groups is 1. The van der Waals surface area contributed by atoms with Gasteiger partial charge in [0.15, 0.2) is 6.10 Å². The molecule has 12 nitrogen and oxygen atoms in total. The highest BCUT2D eigenvalue weighted by Crippen LogP contribution is 2.43. The molecule has 13 heteroatoms. The molecular formula is C48H78NO11P. The Kier molecular flexibility index (Phi) is 39.2. The van der Waals surface area contributed by atoms with Crippen molar-refractivity contribution in [2.24, 2.45) is 5.73 Å². The van der Waals surface area contributed by atoms with Gasteiger partial charge in [-0.05, 0) is 83.5 Å². The number of ether oxygens (including phenoxy) is 2. The summed E-state index contributed by atoms with van der Waals surface area (Å²) in [7, 11) is -4.79. The molecule has 0 aliphatic rings. The van der Waals surface area contributed by atoms with Gasteiger partial charge in [-0.2, -0.15) is 0 Å². The summed E-state index contributed by atoms with van der Waals surface area (Å²) in [6.07, 6.45) is 49.3. The first-order valence-corrected chi connectivity index (χ1v) is 23.9. The molecule has 0 aliphatic heterocycles. The second-order valence-electron chi connectivity index (χ2n) is 14.6. The Hall–Kier alpha value is -3.64. The Morgan fingerprint density at radius 2 is 1.11 bits per heavy atom. The van der Waals surface area contributed by atoms with Crippen molar-refractivity contribution in [2.75, 3.05) is 19.8 Å². The normalized spacial score (nSPS) is 15.1. The number of allylic oxidation sites excluding steroid dienone is 15. The molecule has 4 atom stereocenters. The van der Waals surface area contributed by atoms with Crippen molar-refractivity contribution >= 4 is 25.7 Å². The molecule has 0 spiro atoms. The van der Waals surface area contributed by atoms with Gasteiger partial charge in [-0.3, -0.25) is 23.4 Å². The molecule has 5 N–H and O–H groups in total. The van der Waals surface area contributed by atoms with Crippen molar-refractivity contribution in [1.82, 2.24) is 0 Å². The Labute approximate surface area is 367 Å². The number of aliphatic carboxylic acids is 1. The molecule has 0 saturated carbocycles. The molecule has 0 aromatic rings. The van der Waals surface area contributed by atoms with E-state index in [9.17, 15) is 28.9 Å². The van der Waals surface area contributed by atoms with Crippen LogP contribution >= 0.6 is 7.82 Å². The van der Waals surface area contributed by atoms with Gasteiger partial charge in [-0.1, -0.05) is 150 Å².